The van der Waals surface area contributed by atoms with Crippen molar-refractivity contribution in [2.24, 2.45) is 0 Å². The van der Waals surface area contributed by atoms with Crippen molar-refractivity contribution < 1.29 is 21.8 Å². The van der Waals surface area contributed by atoms with Gasteiger partial charge < -0.3 is 4.74 Å². The molecule has 0 aromatic rings. The molecule has 0 aliphatic heterocycles. The molecule has 0 aromatic heterocycles. The van der Waals surface area contributed by atoms with E-state index in [2.05, 4.69) is 11.7 Å². The van der Waals surface area contributed by atoms with Crippen LogP contribution in [0.4, 0.5) is 0 Å². The minimum absolute atomic E-state index is 0. The number of rotatable bonds is 2. The minimum atomic E-state index is 0. The van der Waals surface area contributed by atoms with Crippen LogP contribution in [0.15, 0.2) is 0 Å². The molecule has 0 heterocycles. The number of hydrogen-bond acceptors (Lipinski definition) is 1. The first-order valence-corrected chi connectivity index (χ1v) is 1.70. The van der Waals surface area contributed by atoms with E-state index in [1.54, 1.807) is 7.11 Å². The van der Waals surface area contributed by atoms with Crippen molar-refractivity contribution in [2.75, 3.05) is 13.7 Å². The molecule has 0 aliphatic carbocycles. The molecule has 0 fully saturated rings. The van der Waals surface area contributed by atoms with Crippen molar-refractivity contribution in [2.45, 2.75) is 6.42 Å². The van der Waals surface area contributed by atoms with Gasteiger partial charge in [0.15, 0.2) is 0 Å². The topological polar surface area (TPSA) is 9.23 Å². The first kappa shape index (κ1) is 9.70. The zero-order valence-electron chi connectivity index (χ0n) is 3.91. The molecule has 0 saturated carbocycles. The summed E-state index contributed by atoms with van der Waals surface area (Å²) >= 11 is 0. The van der Waals surface area contributed by atoms with Gasteiger partial charge in [-0.1, -0.05) is 6.92 Å². The Morgan fingerprint density at radius 1 is 1.67 bits per heavy atom. The first-order chi connectivity index (χ1) is 2.41. The summed E-state index contributed by atoms with van der Waals surface area (Å²) in [4.78, 5) is 0. The Bertz CT molecular complexity index is 15.0. The van der Waals surface area contributed by atoms with Gasteiger partial charge in [-0.25, -0.2) is 0 Å². The molecule has 0 rings (SSSR count). The summed E-state index contributed by atoms with van der Waals surface area (Å²) in [6.07, 6.45) is 0.872. The standard InChI is InChI=1S/C4H9O.Mn/c1-3-4-5-2;/h1,3-4H2,2H3;. The van der Waals surface area contributed by atoms with Crippen LogP contribution in [-0.2, 0) is 21.8 Å². The van der Waals surface area contributed by atoms with E-state index < -0.39 is 0 Å². The van der Waals surface area contributed by atoms with E-state index in [9.17, 15) is 0 Å². The molecule has 2 heteroatoms. The summed E-state index contributed by atoms with van der Waals surface area (Å²) in [6.45, 7) is 4.33. The quantitative estimate of drug-likeness (QED) is 0.501. The van der Waals surface area contributed by atoms with Gasteiger partial charge in [0.2, 0.25) is 0 Å². The fourth-order valence-corrected chi connectivity index (χ4v) is 0.144. The van der Waals surface area contributed by atoms with Gasteiger partial charge in [-0.05, 0) is 6.42 Å². The summed E-state index contributed by atoms with van der Waals surface area (Å²) in [6, 6.07) is 0. The largest absolute Gasteiger partial charge is 0.385 e. The van der Waals surface area contributed by atoms with Crippen molar-refractivity contribution in [1.29, 1.82) is 0 Å². The van der Waals surface area contributed by atoms with Crippen LogP contribution in [0.1, 0.15) is 6.42 Å². The van der Waals surface area contributed by atoms with Crippen LogP contribution in [-0.4, -0.2) is 13.7 Å². The molecule has 1 nitrogen and oxygen atoms in total. The zero-order chi connectivity index (χ0) is 4.12. The second-order valence-corrected chi connectivity index (χ2v) is 0.846. The van der Waals surface area contributed by atoms with Gasteiger partial charge in [0, 0.05) is 30.8 Å². The number of hydrogen-bond donors (Lipinski definition) is 0. The van der Waals surface area contributed by atoms with Gasteiger partial charge >= 0.3 is 0 Å². The van der Waals surface area contributed by atoms with E-state index in [0.717, 1.165) is 13.0 Å². The van der Waals surface area contributed by atoms with Gasteiger partial charge in [-0.2, -0.15) is 0 Å². The predicted molar refractivity (Wildman–Crippen MR) is 21.8 cm³/mol. The van der Waals surface area contributed by atoms with Gasteiger partial charge in [0.05, 0.1) is 0 Å². The van der Waals surface area contributed by atoms with Crippen molar-refractivity contribution >= 4 is 0 Å². The average molecular weight is 128 g/mol. The van der Waals surface area contributed by atoms with Gasteiger partial charge in [0.1, 0.15) is 0 Å². The molecule has 0 spiro atoms. The van der Waals surface area contributed by atoms with Gasteiger partial charge in [0.25, 0.3) is 0 Å². The van der Waals surface area contributed by atoms with E-state index in [0.29, 0.717) is 0 Å². The van der Waals surface area contributed by atoms with E-state index in [1.807, 2.05) is 0 Å². The van der Waals surface area contributed by atoms with E-state index in [-0.39, 0.29) is 17.1 Å². The van der Waals surface area contributed by atoms with E-state index in [1.165, 1.54) is 0 Å². The zero-order valence-corrected chi connectivity index (χ0v) is 5.09. The molecular formula is C4H9MnO. The molecule has 2 radical (unpaired) electrons. The Hall–Kier alpha value is 0.479. The Morgan fingerprint density at radius 2 is 2.17 bits per heavy atom. The van der Waals surface area contributed by atoms with Crippen LogP contribution in [0.5, 0.6) is 0 Å². The normalized spacial score (nSPS) is 7.00. The summed E-state index contributed by atoms with van der Waals surface area (Å²) in [5.41, 5.74) is 0. The molecule has 0 bridgehead atoms. The van der Waals surface area contributed by atoms with Crippen molar-refractivity contribution in [3.05, 3.63) is 6.92 Å². The summed E-state index contributed by atoms with van der Waals surface area (Å²) in [5, 5.41) is 0. The smallest absolute Gasteiger partial charge is 0.0462 e. The summed E-state index contributed by atoms with van der Waals surface area (Å²) in [7, 11) is 1.67. The fourth-order valence-electron chi connectivity index (χ4n) is 0.144. The Labute approximate surface area is 49.5 Å². The monoisotopic (exact) mass is 128 g/mol. The van der Waals surface area contributed by atoms with Crippen LogP contribution in [0.2, 0.25) is 0 Å². The molecule has 0 saturated heterocycles. The summed E-state index contributed by atoms with van der Waals surface area (Å²) in [5.74, 6) is 0. The maximum atomic E-state index is 4.63. The molecule has 0 atom stereocenters. The second kappa shape index (κ2) is 9.08. The molecule has 0 unspecified atom stereocenters. The van der Waals surface area contributed by atoms with Crippen LogP contribution in [0, 0.1) is 6.92 Å². The fraction of sp³-hybridized carbons (Fsp3) is 0.750. The SMILES string of the molecule is [CH2]CCOC.[Mn]. The van der Waals surface area contributed by atoms with E-state index >= 15 is 0 Å². The van der Waals surface area contributed by atoms with Crippen LogP contribution in [0.3, 0.4) is 0 Å². The molecule has 0 aromatic carbocycles. The van der Waals surface area contributed by atoms with Gasteiger partial charge in [-0.15, -0.1) is 0 Å². The Morgan fingerprint density at radius 3 is 2.17 bits per heavy atom. The number of methoxy groups -OCH3 is 1. The average Bonchev–Trinajstić information content (AvgIpc) is 1.41. The molecule has 0 aliphatic rings. The molecule has 38 valence electrons. The first-order valence-electron chi connectivity index (χ1n) is 1.70. The second-order valence-electron chi connectivity index (χ2n) is 0.846. The van der Waals surface area contributed by atoms with Crippen LogP contribution >= 0.6 is 0 Å². The number of ether oxygens (including phenoxy) is 1. The Kier molecular flexibility index (Phi) is 14.7. The maximum absolute atomic E-state index is 4.63. The third kappa shape index (κ3) is 8.82. The molecule has 0 amide bonds. The molecular weight excluding hydrogens is 119 g/mol. The van der Waals surface area contributed by atoms with Gasteiger partial charge in [-0.3, -0.25) is 0 Å². The third-order valence-corrected chi connectivity index (χ3v) is 0.348. The van der Waals surface area contributed by atoms with Crippen molar-refractivity contribution in [3.63, 3.8) is 0 Å². The van der Waals surface area contributed by atoms with Crippen molar-refractivity contribution in [1.82, 2.24) is 0 Å². The van der Waals surface area contributed by atoms with E-state index in [4.69, 9.17) is 0 Å². The van der Waals surface area contributed by atoms with Crippen LogP contribution < -0.4 is 0 Å². The van der Waals surface area contributed by atoms with Crippen LogP contribution in [0.25, 0.3) is 0 Å². The minimum Gasteiger partial charge on any atom is -0.385 e. The third-order valence-electron chi connectivity index (χ3n) is 0.348. The molecule has 0 N–H and O–H groups in total. The van der Waals surface area contributed by atoms with Crippen molar-refractivity contribution in [3.8, 4) is 0 Å². The Balaban J connectivity index is 0. The maximum Gasteiger partial charge on any atom is 0.0462 e. The molecule has 6 heavy (non-hydrogen) atoms. The summed E-state index contributed by atoms with van der Waals surface area (Å²) < 4.78 is 4.63. The predicted octanol–water partition coefficient (Wildman–Crippen LogP) is 0.854.